The fourth-order valence-corrected chi connectivity index (χ4v) is 2.63. The molecule has 0 unspecified atom stereocenters. The molecule has 1 aromatic carbocycles. The van der Waals surface area contributed by atoms with Crippen molar-refractivity contribution >= 4 is 33.1 Å². The number of hydrogen-bond donors (Lipinski definition) is 0. The maximum atomic E-state index is 5.68. The second-order valence-electron chi connectivity index (χ2n) is 5.16. The first-order chi connectivity index (χ1) is 11.4. The monoisotopic (exact) mass is 299 g/mol. The Hall–Kier alpha value is -3.41. The lowest BCUT2D eigenvalue weighted by atomic mass is 10.1. The van der Waals surface area contributed by atoms with Crippen LogP contribution in [0.2, 0.25) is 0 Å². The highest BCUT2D eigenvalue weighted by Gasteiger charge is 2.13. The van der Waals surface area contributed by atoms with E-state index in [1.54, 1.807) is 12.4 Å². The van der Waals surface area contributed by atoms with Crippen molar-refractivity contribution in [2.75, 3.05) is 0 Å². The zero-order valence-corrected chi connectivity index (χ0v) is 11.8. The number of furan rings is 1. The molecule has 5 aromatic rings. The van der Waals surface area contributed by atoms with Gasteiger partial charge in [-0.3, -0.25) is 4.98 Å². The van der Waals surface area contributed by atoms with Crippen molar-refractivity contribution in [2.45, 2.75) is 0 Å². The summed E-state index contributed by atoms with van der Waals surface area (Å²) >= 11 is 0. The van der Waals surface area contributed by atoms with Gasteiger partial charge in [-0.05, 0) is 11.5 Å². The van der Waals surface area contributed by atoms with Gasteiger partial charge in [0, 0.05) is 11.6 Å². The Balaban J connectivity index is 1.73. The van der Waals surface area contributed by atoms with Crippen LogP contribution in [-0.4, -0.2) is 24.9 Å². The van der Waals surface area contributed by atoms with Crippen molar-refractivity contribution in [1.82, 2.24) is 24.9 Å². The van der Waals surface area contributed by atoms with E-state index in [4.69, 9.17) is 4.42 Å². The summed E-state index contributed by atoms with van der Waals surface area (Å²) in [4.78, 5) is 21.6. The van der Waals surface area contributed by atoms with Gasteiger partial charge in [-0.2, -0.15) is 0 Å². The Morgan fingerprint density at radius 2 is 1.70 bits per heavy atom. The normalized spacial score (nSPS) is 11.5. The molecular weight excluding hydrogens is 290 g/mol. The van der Waals surface area contributed by atoms with E-state index in [-0.39, 0.29) is 0 Å². The number of nitrogens with zero attached hydrogens (tertiary/aromatic N) is 5. The molecule has 0 saturated carbocycles. The number of hydrogen-bond acceptors (Lipinski definition) is 6. The van der Waals surface area contributed by atoms with Gasteiger partial charge in [-0.15, -0.1) is 0 Å². The maximum Gasteiger partial charge on any atom is 0.248 e. The maximum absolute atomic E-state index is 5.68. The van der Waals surface area contributed by atoms with E-state index in [1.807, 2.05) is 36.5 Å². The van der Waals surface area contributed by atoms with Gasteiger partial charge in [-0.1, -0.05) is 24.3 Å². The van der Waals surface area contributed by atoms with Crippen LogP contribution < -0.4 is 0 Å². The predicted octanol–water partition coefficient (Wildman–Crippen LogP) is 3.38. The van der Waals surface area contributed by atoms with Crippen LogP contribution >= 0.6 is 0 Å². The van der Waals surface area contributed by atoms with Crippen molar-refractivity contribution in [2.24, 2.45) is 0 Å². The largest absolute Gasteiger partial charge is 0.433 e. The molecule has 108 valence electrons. The summed E-state index contributed by atoms with van der Waals surface area (Å²) in [6, 6.07) is 10.1. The molecule has 0 radical (unpaired) electrons. The molecule has 0 aliphatic carbocycles. The fraction of sp³-hybridized carbons (Fsp3) is 0. The minimum Gasteiger partial charge on any atom is -0.433 e. The van der Waals surface area contributed by atoms with Crippen molar-refractivity contribution in [3.63, 3.8) is 0 Å². The molecule has 4 aromatic heterocycles. The number of pyridine rings is 1. The Morgan fingerprint density at radius 1 is 0.783 bits per heavy atom. The molecule has 0 N–H and O–H groups in total. The summed E-state index contributed by atoms with van der Waals surface area (Å²) in [7, 11) is 0. The topological polar surface area (TPSA) is 77.6 Å². The first-order valence-corrected chi connectivity index (χ1v) is 7.09. The highest BCUT2D eigenvalue weighted by atomic mass is 16.3. The van der Waals surface area contributed by atoms with Gasteiger partial charge in [0.05, 0.1) is 18.1 Å². The molecule has 6 heteroatoms. The third-order valence-electron chi connectivity index (χ3n) is 3.74. The van der Waals surface area contributed by atoms with Gasteiger partial charge < -0.3 is 4.42 Å². The fourth-order valence-electron chi connectivity index (χ4n) is 2.63. The van der Waals surface area contributed by atoms with Crippen LogP contribution in [0.3, 0.4) is 0 Å². The average molecular weight is 299 g/mol. The standard InChI is InChI=1S/C17H9N5O/c1-2-4-11-6-19-12(5-10(11)3-1)13-7-20-16-15-14(8-18-9-21-15)23-17(16)22-13/h1-9H. The van der Waals surface area contributed by atoms with Crippen molar-refractivity contribution in [1.29, 1.82) is 0 Å². The van der Waals surface area contributed by atoms with E-state index in [9.17, 15) is 0 Å². The molecule has 0 amide bonds. The van der Waals surface area contributed by atoms with E-state index in [0.717, 1.165) is 16.5 Å². The summed E-state index contributed by atoms with van der Waals surface area (Å²) in [5.41, 5.74) is 3.73. The lowest BCUT2D eigenvalue weighted by Gasteiger charge is -2.01. The third kappa shape index (κ3) is 1.85. The molecule has 0 aliphatic heterocycles. The minimum absolute atomic E-state index is 0.438. The van der Waals surface area contributed by atoms with Crippen LogP contribution in [0.25, 0.3) is 44.5 Å². The molecule has 0 atom stereocenters. The smallest absolute Gasteiger partial charge is 0.248 e. The van der Waals surface area contributed by atoms with Gasteiger partial charge in [0.15, 0.2) is 11.1 Å². The van der Waals surface area contributed by atoms with Gasteiger partial charge >= 0.3 is 0 Å². The van der Waals surface area contributed by atoms with Crippen LogP contribution in [0.4, 0.5) is 0 Å². The average Bonchev–Trinajstić information content (AvgIpc) is 2.99. The quantitative estimate of drug-likeness (QED) is 0.472. The SMILES string of the molecule is c1ccc2cc(-c3cnc4c(n3)oc3cncnc34)ncc2c1. The Labute approximate surface area is 129 Å². The van der Waals surface area contributed by atoms with Crippen LogP contribution in [0, 0.1) is 0 Å². The van der Waals surface area contributed by atoms with Crippen molar-refractivity contribution in [3.05, 3.63) is 55.2 Å². The zero-order chi connectivity index (χ0) is 15.2. The Morgan fingerprint density at radius 3 is 2.65 bits per heavy atom. The molecule has 6 nitrogen and oxygen atoms in total. The predicted molar refractivity (Wildman–Crippen MR) is 85.6 cm³/mol. The first-order valence-electron chi connectivity index (χ1n) is 7.09. The van der Waals surface area contributed by atoms with Crippen molar-refractivity contribution in [3.8, 4) is 11.4 Å². The Bertz CT molecular complexity index is 1180. The number of fused-ring (bicyclic) bond motifs is 4. The molecule has 5 rings (SSSR count). The van der Waals surface area contributed by atoms with Crippen LogP contribution in [-0.2, 0) is 0 Å². The summed E-state index contributed by atoms with van der Waals surface area (Å²) in [6.07, 6.45) is 6.61. The van der Waals surface area contributed by atoms with E-state index >= 15 is 0 Å². The van der Waals surface area contributed by atoms with Crippen LogP contribution in [0.15, 0.2) is 59.7 Å². The molecule has 0 aliphatic rings. The lowest BCUT2D eigenvalue weighted by molar-refractivity contribution is 0.650. The molecule has 0 fully saturated rings. The lowest BCUT2D eigenvalue weighted by Crippen LogP contribution is -1.90. The third-order valence-corrected chi connectivity index (χ3v) is 3.74. The minimum atomic E-state index is 0.438. The van der Waals surface area contributed by atoms with Crippen LogP contribution in [0.1, 0.15) is 0 Å². The van der Waals surface area contributed by atoms with Gasteiger partial charge in [0.2, 0.25) is 5.71 Å². The summed E-state index contributed by atoms with van der Waals surface area (Å²) in [5, 5.41) is 2.19. The van der Waals surface area contributed by atoms with E-state index in [2.05, 4.69) is 24.9 Å². The molecule has 23 heavy (non-hydrogen) atoms. The zero-order valence-electron chi connectivity index (χ0n) is 11.8. The van der Waals surface area contributed by atoms with Gasteiger partial charge in [-0.25, -0.2) is 19.9 Å². The molecule has 0 bridgehead atoms. The van der Waals surface area contributed by atoms with E-state index in [0.29, 0.717) is 28.0 Å². The second-order valence-corrected chi connectivity index (χ2v) is 5.16. The van der Waals surface area contributed by atoms with Crippen LogP contribution in [0.5, 0.6) is 0 Å². The van der Waals surface area contributed by atoms with Gasteiger partial charge in [0.1, 0.15) is 17.5 Å². The molecular formula is C17H9N5O. The molecule has 0 saturated heterocycles. The highest BCUT2D eigenvalue weighted by Crippen LogP contribution is 2.26. The van der Waals surface area contributed by atoms with E-state index in [1.165, 1.54) is 6.33 Å². The molecule has 4 heterocycles. The first kappa shape index (κ1) is 12.2. The number of rotatable bonds is 1. The summed E-state index contributed by atoms with van der Waals surface area (Å²) < 4.78 is 5.68. The Kier molecular flexibility index (Phi) is 2.40. The summed E-state index contributed by atoms with van der Waals surface area (Å²) in [5.74, 6) is 0. The number of benzene rings is 1. The molecule has 0 spiro atoms. The summed E-state index contributed by atoms with van der Waals surface area (Å²) in [6.45, 7) is 0. The highest BCUT2D eigenvalue weighted by molar-refractivity contribution is 5.98. The van der Waals surface area contributed by atoms with E-state index < -0.39 is 0 Å². The van der Waals surface area contributed by atoms with Gasteiger partial charge in [0.25, 0.3) is 0 Å². The van der Waals surface area contributed by atoms with Crippen molar-refractivity contribution < 1.29 is 4.42 Å². The second kappa shape index (κ2) is 4.54. The number of aromatic nitrogens is 5.